The van der Waals surface area contributed by atoms with Gasteiger partial charge in [0.25, 0.3) is 0 Å². The molecule has 6 nitrogen and oxygen atoms in total. The van der Waals surface area contributed by atoms with E-state index in [4.69, 9.17) is 19.4 Å². The van der Waals surface area contributed by atoms with Crippen molar-refractivity contribution in [3.63, 3.8) is 0 Å². The highest BCUT2D eigenvalue weighted by Gasteiger charge is 2.19. The molecule has 0 spiro atoms. The number of para-hydroxylation sites is 1. The Morgan fingerprint density at radius 1 is 0.509 bits per heavy atom. The molecule has 0 atom stereocenters. The lowest BCUT2D eigenvalue weighted by Gasteiger charge is -2.11. The van der Waals surface area contributed by atoms with Crippen LogP contribution in [0.5, 0.6) is 0 Å². The highest BCUT2D eigenvalue weighted by atomic mass is 32.1. The van der Waals surface area contributed by atoms with Crippen molar-refractivity contribution in [3.05, 3.63) is 157 Å². The van der Waals surface area contributed by atoms with Crippen molar-refractivity contribution in [1.82, 2.24) is 19.5 Å². The number of hydrogen-bond donors (Lipinski definition) is 0. The van der Waals surface area contributed by atoms with E-state index in [2.05, 4.69) is 114 Å². The summed E-state index contributed by atoms with van der Waals surface area (Å²) in [5.74, 6) is 1.87. The number of furan rings is 1. The summed E-state index contributed by atoms with van der Waals surface area (Å²) in [7, 11) is 0. The number of aromatic nitrogens is 4. The first-order chi connectivity index (χ1) is 26.2. The van der Waals surface area contributed by atoms with Crippen molar-refractivity contribution in [2.45, 2.75) is 0 Å². The van der Waals surface area contributed by atoms with Crippen molar-refractivity contribution < 1.29 is 4.42 Å². The molecule has 53 heavy (non-hydrogen) atoms. The maximum Gasteiger partial charge on any atom is 0.165 e. The summed E-state index contributed by atoms with van der Waals surface area (Å²) in [5, 5.41) is 16.1. The summed E-state index contributed by atoms with van der Waals surface area (Å²) in [5.41, 5.74) is 8.01. The smallest absolute Gasteiger partial charge is 0.165 e. The molecule has 11 aromatic rings. The van der Waals surface area contributed by atoms with Gasteiger partial charge in [0.2, 0.25) is 0 Å². The summed E-state index contributed by atoms with van der Waals surface area (Å²) in [4.78, 5) is 15.4. The average Bonchev–Trinajstić information content (AvgIpc) is 3.89. The van der Waals surface area contributed by atoms with E-state index in [1.54, 1.807) is 17.4 Å². The van der Waals surface area contributed by atoms with Gasteiger partial charge in [-0.15, -0.1) is 11.3 Å². The van der Waals surface area contributed by atoms with Gasteiger partial charge in [-0.2, -0.15) is 5.26 Å². The molecule has 7 aromatic carbocycles. The Hall–Kier alpha value is -7.14. The summed E-state index contributed by atoms with van der Waals surface area (Å²) < 4.78 is 11.0. The number of nitrogens with zero attached hydrogens (tertiary/aromatic N) is 5. The van der Waals surface area contributed by atoms with E-state index in [0.29, 0.717) is 23.0 Å². The molecule has 0 N–H and O–H groups in total. The summed E-state index contributed by atoms with van der Waals surface area (Å²) in [6.45, 7) is 0. The molecule has 4 heterocycles. The second-order valence-corrected chi connectivity index (χ2v) is 14.2. The molecule has 4 aromatic heterocycles. The van der Waals surface area contributed by atoms with Crippen LogP contribution in [0, 0.1) is 11.3 Å². The molecule has 7 heteroatoms. The Morgan fingerprint density at radius 3 is 2.13 bits per heavy atom. The van der Waals surface area contributed by atoms with Crippen LogP contribution in [0.4, 0.5) is 0 Å². The van der Waals surface area contributed by atoms with Gasteiger partial charge in [-0.3, -0.25) is 0 Å². The number of rotatable bonds is 4. The maximum atomic E-state index is 9.50. The van der Waals surface area contributed by atoms with Gasteiger partial charge in [0, 0.05) is 70.2 Å². The minimum absolute atomic E-state index is 0.603. The topological polar surface area (TPSA) is 80.5 Å². The summed E-state index contributed by atoms with van der Waals surface area (Å²) >= 11 is 1.77. The highest BCUT2D eigenvalue weighted by molar-refractivity contribution is 7.26. The zero-order valence-corrected chi connectivity index (χ0v) is 28.8. The highest BCUT2D eigenvalue weighted by Crippen LogP contribution is 2.41. The molecule has 0 aliphatic heterocycles. The van der Waals surface area contributed by atoms with Crippen LogP contribution >= 0.6 is 11.3 Å². The molecular weight excluding hydrogens is 671 g/mol. The number of fused-ring (bicyclic) bond motifs is 9. The molecule has 0 aliphatic carbocycles. The molecule has 0 bridgehead atoms. The normalized spacial score (nSPS) is 11.8. The Labute approximate surface area is 306 Å². The molecule has 246 valence electrons. The predicted molar refractivity (Wildman–Crippen MR) is 215 cm³/mol. The average molecular weight is 696 g/mol. The number of nitriles is 1. The van der Waals surface area contributed by atoms with Crippen LogP contribution in [0.15, 0.2) is 156 Å². The van der Waals surface area contributed by atoms with Crippen LogP contribution in [0.1, 0.15) is 5.56 Å². The fourth-order valence-corrected chi connectivity index (χ4v) is 8.84. The second-order valence-electron chi connectivity index (χ2n) is 13.1. The standard InChI is InChI=1S/C46H25N5OS/c47-26-27-17-22-40-37(23-27)33-21-19-30(25-41(33)52-40)51-38-15-6-4-11-31(38)32-20-18-29(24-39(32)51)45-48-44(28-9-2-1-3-10-28)49-46(50-45)36-14-8-13-35-34-12-5-7-16-42(34)53-43(35)36/h1-25H. The SMILES string of the molecule is N#Cc1ccc2oc3cc(-n4c5ccccc5c5ccc(-c6nc(-c7ccccc7)nc(-c7cccc8c7sc7ccccc78)n6)cc54)ccc3c2c1. The third-order valence-electron chi connectivity index (χ3n) is 10.1. The van der Waals surface area contributed by atoms with Gasteiger partial charge in [0.15, 0.2) is 17.5 Å². The van der Waals surface area contributed by atoms with Gasteiger partial charge in [0.1, 0.15) is 11.2 Å². The van der Waals surface area contributed by atoms with Crippen LogP contribution in [-0.2, 0) is 0 Å². The van der Waals surface area contributed by atoms with E-state index in [1.807, 2.05) is 42.5 Å². The number of benzene rings is 7. The monoisotopic (exact) mass is 695 g/mol. The maximum absolute atomic E-state index is 9.50. The van der Waals surface area contributed by atoms with E-state index in [0.717, 1.165) is 70.8 Å². The molecule has 0 saturated heterocycles. The van der Waals surface area contributed by atoms with Gasteiger partial charge in [-0.1, -0.05) is 91.0 Å². The van der Waals surface area contributed by atoms with E-state index < -0.39 is 0 Å². The molecule has 0 aliphatic rings. The molecule has 0 radical (unpaired) electrons. The van der Waals surface area contributed by atoms with Crippen LogP contribution in [-0.4, -0.2) is 19.5 Å². The fraction of sp³-hybridized carbons (Fsp3) is 0. The first-order valence-electron chi connectivity index (χ1n) is 17.3. The van der Waals surface area contributed by atoms with Crippen LogP contribution < -0.4 is 0 Å². The first-order valence-corrected chi connectivity index (χ1v) is 18.1. The van der Waals surface area contributed by atoms with Gasteiger partial charge < -0.3 is 8.98 Å². The van der Waals surface area contributed by atoms with Gasteiger partial charge in [0.05, 0.1) is 22.7 Å². The quantitative estimate of drug-likeness (QED) is 0.183. The Bertz CT molecular complexity index is 3310. The lowest BCUT2D eigenvalue weighted by molar-refractivity contribution is 0.668. The Balaban J connectivity index is 1.14. The van der Waals surface area contributed by atoms with Crippen molar-refractivity contribution in [3.8, 4) is 45.9 Å². The van der Waals surface area contributed by atoms with Crippen molar-refractivity contribution in [2.75, 3.05) is 0 Å². The summed E-state index contributed by atoms with van der Waals surface area (Å²) in [6, 6.07) is 54.0. The van der Waals surface area contributed by atoms with E-state index >= 15 is 0 Å². The van der Waals surface area contributed by atoms with Crippen LogP contribution in [0.2, 0.25) is 0 Å². The van der Waals surface area contributed by atoms with Crippen LogP contribution in [0.25, 0.3) is 104 Å². The minimum atomic E-state index is 0.603. The lowest BCUT2D eigenvalue weighted by Crippen LogP contribution is -2.00. The zero-order chi connectivity index (χ0) is 35.0. The first kappa shape index (κ1) is 29.6. The van der Waals surface area contributed by atoms with Crippen molar-refractivity contribution >= 4 is 75.3 Å². The van der Waals surface area contributed by atoms with E-state index in [9.17, 15) is 5.26 Å². The third kappa shape index (κ3) is 4.60. The molecule has 0 fully saturated rings. The Kier molecular flexibility index (Phi) is 6.38. The van der Waals surface area contributed by atoms with E-state index in [-0.39, 0.29) is 0 Å². The van der Waals surface area contributed by atoms with Crippen molar-refractivity contribution in [2.24, 2.45) is 0 Å². The number of hydrogen-bond acceptors (Lipinski definition) is 6. The van der Waals surface area contributed by atoms with Gasteiger partial charge in [-0.05, 0) is 54.6 Å². The molecule has 11 rings (SSSR count). The Morgan fingerprint density at radius 2 is 1.25 bits per heavy atom. The zero-order valence-electron chi connectivity index (χ0n) is 28.0. The van der Waals surface area contributed by atoms with Crippen molar-refractivity contribution in [1.29, 1.82) is 5.26 Å². The van der Waals surface area contributed by atoms with E-state index in [1.165, 1.54) is 15.5 Å². The van der Waals surface area contributed by atoms with Gasteiger partial charge >= 0.3 is 0 Å². The summed E-state index contributed by atoms with van der Waals surface area (Å²) in [6.07, 6.45) is 0. The largest absolute Gasteiger partial charge is 0.456 e. The minimum Gasteiger partial charge on any atom is -0.456 e. The molecule has 0 unspecified atom stereocenters. The third-order valence-corrected chi connectivity index (χ3v) is 11.3. The second kappa shape index (κ2) is 11.4. The van der Waals surface area contributed by atoms with Crippen LogP contribution in [0.3, 0.4) is 0 Å². The predicted octanol–water partition coefficient (Wildman–Crippen LogP) is 12.1. The molecule has 0 amide bonds. The fourth-order valence-electron chi connectivity index (χ4n) is 7.63. The van der Waals surface area contributed by atoms with Gasteiger partial charge in [-0.25, -0.2) is 15.0 Å². The molecular formula is C46H25N5OS. The number of thiophene rings is 1. The molecule has 0 saturated carbocycles. The lowest BCUT2D eigenvalue weighted by atomic mass is 10.1.